The summed E-state index contributed by atoms with van der Waals surface area (Å²) >= 11 is 1.42. The number of hydrogen-bond donors (Lipinski definition) is 1. The van der Waals surface area contributed by atoms with E-state index in [-0.39, 0.29) is 0 Å². The number of hydrogen-bond acceptors (Lipinski definition) is 6. The third-order valence-corrected chi connectivity index (χ3v) is 7.15. The summed E-state index contributed by atoms with van der Waals surface area (Å²) in [6.07, 6.45) is 3.57. The molecule has 0 amide bonds. The van der Waals surface area contributed by atoms with Gasteiger partial charge in [0.1, 0.15) is 0 Å². The van der Waals surface area contributed by atoms with Crippen LogP contribution in [0.15, 0.2) is 70.0 Å². The zero-order valence-corrected chi connectivity index (χ0v) is 16.8. The van der Waals surface area contributed by atoms with E-state index in [9.17, 15) is 8.42 Å². The standard InChI is InChI=1S/C20H20N4O2S2/c25-28(26,24-11-4-5-12-24)18-10-6-9-17(13-18)19-15-27-20(22-19)23-21-14-16-7-2-1-3-8-16/h1-3,6-10,13-15H,4-5,11-12H2,(H,22,23)/b21-14+. The average molecular weight is 413 g/mol. The molecule has 0 atom stereocenters. The smallest absolute Gasteiger partial charge is 0.243 e. The van der Waals surface area contributed by atoms with Crippen molar-refractivity contribution >= 4 is 32.7 Å². The molecule has 1 aliphatic rings. The predicted octanol–water partition coefficient (Wildman–Crippen LogP) is 4.04. The predicted molar refractivity (Wildman–Crippen MR) is 113 cm³/mol. The van der Waals surface area contributed by atoms with Crippen LogP contribution < -0.4 is 5.43 Å². The highest BCUT2D eigenvalue weighted by molar-refractivity contribution is 7.89. The van der Waals surface area contributed by atoms with Gasteiger partial charge in [0.15, 0.2) is 0 Å². The van der Waals surface area contributed by atoms with Crippen molar-refractivity contribution in [3.8, 4) is 11.3 Å². The molecule has 28 heavy (non-hydrogen) atoms. The number of benzene rings is 2. The number of rotatable bonds is 6. The van der Waals surface area contributed by atoms with E-state index in [1.54, 1.807) is 28.7 Å². The molecule has 1 N–H and O–H groups in total. The first-order valence-electron chi connectivity index (χ1n) is 9.03. The molecule has 0 radical (unpaired) electrons. The molecular formula is C20H20N4O2S2. The van der Waals surface area contributed by atoms with Crippen LogP contribution in [0.2, 0.25) is 0 Å². The van der Waals surface area contributed by atoms with Crippen molar-refractivity contribution in [2.75, 3.05) is 18.5 Å². The molecule has 2 heterocycles. The number of nitrogens with one attached hydrogen (secondary N) is 1. The molecule has 1 aromatic heterocycles. The minimum Gasteiger partial charge on any atom is -0.253 e. The van der Waals surface area contributed by atoms with Crippen molar-refractivity contribution in [3.63, 3.8) is 0 Å². The van der Waals surface area contributed by atoms with Gasteiger partial charge in [0, 0.05) is 24.0 Å². The van der Waals surface area contributed by atoms with E-state index in [0.717, 1.165) is 29.7 Å². The largest absolute Gasteiger partial charge is 0.253 e. The Morgan fingerprint density at radius 1 is 1.07 bits per heavy atom. The van der Waals surface area contributed by atoms with Crippen molar-refractivity contribution < 1.29 is 8.42 Å². The van der Waals surface area contributed by atoms with E-state index in [4.69, 9.17) is 0 Å². The fourth-order valence-electron chi connectivity index (χ4n) is 3.05. The van der Waals surface area contributed by atoms with Crippen LogP contribution in [0.4, 0.5) is 5.13 Å². The Hall–Kier alpha value is -2.55. The van der Waals surface area contributed by atoms with Crippen LogP contribution in [0, 0.1) is 0 Å². The maximum Gasteiger partial charge on any atom is 0.243 e. The van der Waals surface area contributed by atoms with Crippen LogP contribution in [0.3, 0.4) is 0 Å². The lowest BCUT2D eigenvalue weighted by molar-refractivity contribution is 0.477. The monoisotopic (exact) mass is 412 g/mol. The van der Waals surface area contributed by atoms with E-state index in [1.807, 2.05) is 41.8 Å². The van der Waals surface area contributed by atoms with E-state index in [1.165, 1.54) is 11.3 Å². The molecule has 1 saturated heterocycles. The number of aromatic nitrogens is 1. The van der Waals surface area contributed by atoms with Gasteiger partial charge in [-0.2, -0.15) is 9.41 Å². The van der Waals surface area contributed by atoms with Crippen LogP contribution >= 0.6 is 11.3 Å². The Balaban J connectivity index is 1.50. The first-order valence-corrected chi connectivity index (χ1v) is 11.4. The van der Waals surface area contributed by atoms with Gasteiger partial charge >= 0.3 is 0 Å². The SMILES string of the molecule is O=S(=O)(c1cccc(-c2csc(N/N=C/c3ccccc3)n2)c1)N1CCCC1. The Bertz CT molecular complexity index is 1070. The summed E-state index contributed by atoms with van der Waals surface area (Å²) in [5.41, 5.74) is 5.41. The molecule has 0 unspecified atom stereocenters. The van der Waals surface area contributed by atoms with Gasteiger partial charge in [0.25, 0.3) is 0 Å². The first kappa shape index (κ1) is 18.8. The summed E-state index contributed by atoms with van der Waals surface area (Å²) < 4.78 is 27.1. The molecule has 1 aliphatic heterocycles. The lowest BCUT2D eigenvalue weighted by Gasteiger charge is -2.15. The number of hydrazone groups is 1. The molecule has 8 heteroatoms. The molecular weight excluding hydrogens is 392 g/mol. The quantitative estimate of drug-likeness (QED) is 0.490. The van der Waals surface area contributed by atoms with Crippen LogP contribution in [0.1, 0.15) is 18.4 Å². The summed E-state index contributed by atoms with van der Waals surface area (Å²) in [5.74, 6) is 0. The van der Waals surface area contributed by atoms with E-state index in [0.29, 0.717) is 23.1 Å². The summed E-state index contributed by atoms with van der Waals surface area (Å²) in [4.78, 5) is 4.83. The number of nitrogens with zero attached hydrogens (tertiary/aromatic N) is 3. The molecule has 3 aromatic rings. The summed E-state index contributed by atoms with van der Waals surface area (Å²) in [6.45, 7) is 1.19. The third kappa shape index (κ3) is 4.14. The zero-order chi connectivity index (χ0) is 19.4. The molecule has 0 spiro atoms. The van der Waals surface area contributed by atoms with Crippen molar-refractivity contribution in [2.24, 2.45) is 5.10 Å². The second-order valence-corrected chi connectivity index (χ2v) is 9.25. The lowest BCUT2D eigenvalue weighted by Crippen LogP contribution is -2.27. The van der Waals surface area contributed by atoms with Gasteiger partial charge in [-0.05, 0) is 30.5 Å². The minimum atomic E-state index is -3.44. The Morgan fingerprint density at radius 3 is 2.64 bits per heavy atom. The van der Waals surface area contributed by atoms with E-state index >= 15 is 0 Å². The molecule has 4 rings (SSSR count). The van der Waals surface area contributed by atoms with Crippen molar-refractivity contribution in [2.45, 2.75) is 17.7 Å². The van der Waals surface area contributed by atoms with Crippen LogP contribution in [-0.2, 0) is 10.0 Å². The van der Waals surface area contributed by atoms with Gasteiger partial charge in [-0.1, -0.05) is 42.5 Å². The summed E-state index contributed by atoms with van der Waals surface area (Å²) in [6, 6.07) is 16.8. The number of thiazole rings is 1. The van der Waals surface area contributed by atoms with Gasteiger partial charge in [0.2, 0.25) is 15.2 Å². The maximum absolute atomic E-state index is 12.8. The van der Waals surface area contributed by atoms with Gasteiger partial charge < -0.3 is 0 Å². The first-order chi connectivity index (χ1) is 13.6. The van der Waals surface area contributed by atoms with Crippen molar-refractivity contribution in [1.82, 2.24) is 9.29 Å². The van der Waals surface area contributed by atoms with Crippen molar-refractivity contribution in [3.05, 3.63) is 65.5 Å². The average Bonchev–Trinajstić information content (AvgIpc) is 3.42. The van der Waals surface area contributed by atoms with Crippen LogP contribution in [-0.4, -0.2) is 37.0 Å². The van der Waals surface area contributed by atoms with Gasteiger partial charge in [0.05, 0.1) is 16.8 Å². The van der Waals surface area contributed by atoms with Gasteiger partial charge in [-0.25, -0.2) is 13.4 Å². The third-order valence-electron chi connectivity index (χ3n) is 4.51. The normalized spacial score (nSPS) is 15.3. The lowest BCUT2D eigenvalue weighted by atomic mass is 10.2. The molecule has 0 aliphatic carbocycles. The summed E-state index contributed by atoms with van der Waals surface area (Å²) in [7, 11) is -3.44. The molecule has 0 bridgehead atoms. The highest BCUT2D eigenvalue weighted by atomic mass is 32.2. The Kier molecular flexibility index (Phi) is 5.52. The van der Waals surface area contributed by atoms with Gasteiger partial charge in [-0.3, -0.25) is 5.43 Å². The fraction of sp³-hybridized carbons (Fsp3) is 0.200. The molecule has 2 aromatic carbocycles. The van der Waals surface area contributed by atoms with E-state index < -0.39 is 10.0 Å². The minimum absolute atomic E-state index is 0.316. The number of anilines is 1. The molecule has 0 saturated carbocycles. The van der Waals surface area contributed by atoms with Crippen LogP contribution in [0.5, 0.6) is 0 Å². The molecule has 1 fully saturated rings. The highest BCUT2D eigenvalue weighted by Crippen LogP contribution is 2.28. The summed E-state index contributed by atoms with van der Waals surface area (Å²) in [5, 5.41) is 6.74. The second-order valence-electron chi connectivity index (χ2n) is 6.46. The molecule has 144 valence electrons. The fourth-order valence-corrected chi connectivity index (χ4v) is 5.28. The van der Waals surface area contributed by atoms with Gasteiger partial charge in [-0.15, -0.1) is 11.3 Å². The second kappa shape index (κ2) is 8.22. The maximum atomic E-state index is 12.8. The zero-order valence-electron chi connectivity index (χ0n) is 15.2. The Morgan fingerprint density at radius 2 is 1.86 bits per heavy atom. The molecule has 6 nitrogen and oxygen atoms in total. The van der Waals surface area contributed by atoms with E-state index in [2.05, 4.69) is 15.5 Å². The highest BCUT2D eigenvalue weighted by Gasteiger charge is 2.27. The number of sulfonamides is 1. The Labute approximate surface area is 168 Å². The van der Waals surface area contributed by atoms with Crippen molar-refractivity contribution in [1.29, 1.82) is 0 Å². The topological polar surface area (TPSA) is 74.7 Å². The van der Waals surface area contributed by atoms with Crippen LogP contribution in [0.25, 0.3) is 11.3 Å².